The van der Waals surface area contributed by atoms with Crippen LogP contribution in [0.25, 0.3) is 0 Å². The van der Waals surface area contributed by atoms with Crippen molar-refractivity contribution in [3.05, 3.63) is 47.5 Å². The summed E-state index contributed by atoms with van der Waals surface area (Å²) in [7, 11) is 0. The van der Waals surface area contributed by atoms with Crippen LogP contribution in [0.2, 0.25) is 0 Å². The van der Waals surface area contributed by atoms with Gasteiger partial charge in [-0.05, 0) is 30.4 Å². The summed E-state index contributed by atoms with van der Waals surface area (Å²) in [5.41, 5.74) is 2.15. The van der Waals surface area contributed by atoms with Crippen molar-refractivity contribution in [2.75, 3.05) is 6.61 Å². The molecule has 2 nitrogen and oxygen atoms in total. The average Bonchev–Trinajstić information content (AvgIpc) is 2.88. The van der Waals surface area contributed by atoms with Gasteiger partial charge in [0.25, 0.3) is 0 Å². The molecule has 100 valence electrons. The quantitative estimate of drug-likeness (QED) is 0.768. The number of carbonyl (C=O) groups is 1. The van der Waals surface area contributed by atoms with E-state index in [0.29, 0.717) is 12.5 Å². The summed E-state index contributed by atoms with van der Waals surface area (Å²) in [5.74, 6) is 0.712. The third-order valence-electron chi connectivity index (χ3n) is 4.37. The molecule has 1 heterocycles. The molecule has 0 aromatic heterocycles. The van der Waals surface area contributed by atoms with Gasteiger partial charge in [-0.25, -0.2) is 4.79 Å². The van der Waals surface area contributed by atoms with Gasteiger partial charge in [-0.3, -0.25) is 0 Å². The molecule has 1 aromatic rings. The van der Waals surface area contributed by atoms with Gasteiger partial charge in [0.15, 0.2) is 0 Å². The smallest absolute Gasteiger partial charge is 0.334 e. The van der Waals surface area contributed by atoms with E-state index in [4.69, 9.17) is 4.74 Å². The number of esters is 1. The summed E-state index contributed by atoms with van der Waals surface area (Å²) >= 11 is 0. The standard InChI is InChI=1S/C17H20O2/c18-17-15(11-12-19-17)16(13-7-3-1-4-8-13)14-9-5-2-6-10-14/h1,3-4,7-8,11,14,16H,2,5-6,9-10,12H2. The second kappa shape index (κ2) is 5.60. The number of benzene rings is 1. The molecule has 1 aliphatic heterocycles. The average molecular weight is 256 g/mol. The van der Waals surface area contributed by atoms with Gasteiger partial charge in [-0.15, -0.1) is 0 Å². The number of rotatable bonds is 3. The van der Waals surface area contributed by atoms with E-state index in [9.17, 15) is 4.79 Å². The molecule has 0 N–H and O–H groups in total. The molecule has 1 saturated carbocycles. The van der Waals surface area contributed by atoms with Crippen LogP contribution >= 0.6 is 0 Å². The second-order valence-corrected chi connectivity index (χ2v) is 5.54. The molecule has 1 unspecified atom stereocenters. The SMILES string of the molecule is O=C1OCC=C1C(c1ccccc1)C1CCCCC1. The molecule has 1 fully saturated rings. The van der Waals surface area contributed by atoms with Crippen molar-refractivity contribution in [3.63, 3.8) is 0 Å². The van der Waals surface area contributed by atoms with Gasteiger partial charge in [-0.1, -0.05) is 49.6 Å². The first kappa shape index (κ1) is 12.5. The summed E-state index contributed by atoms with van der Waals surface area (Å²) in [5, 5.41) is 0. The predicted molar refractivity (Wildman–Crippen MR) is 74.8 cm³/mol. The molecular formula is C17H20O2. The molecule has 1 atom stereocenters. The Morgan fingerprint density at radius 1 is 1.05 bits per heavy atom. The lowest BCUT2D eigenvalue weighted by Crippen LogP contribution is -2.21. The minimum atomic E-state index is -0.112. The van der Waals surface area contributed by atoms with Crippen molar-refractivity contribution < 1.29 is 9.53 Å². The van der Waals surface area contributed by atoms with Crippen molar-refractivity contribution in [1.82, 2.24) is 0 Å². The van der Waals surface area contributed by atoms with Gasteiger partial charge in [0.1, 0.15) is 6.61 Å². The summed E-state index contributed by atoms with van der Waals surface area (Å²) in [6, 6.07) is 10.4. The lowest BCUT2D eigenvalue weighted by molar-refractivity contribution is -0.136. The van der Waals surface area contributed by atoms with Crippen LogP contribution in [0.1, 0.15) is 43.6 Å². The number of carbonyl (C=O) groups excluding carboxylic acids is 1. The highest BCUT2D eigenvalue weighted by atomic mass is 16.5. The van der Waals surface area contributed by atoms with E-state index >= 15 is 0 Å². The molecule has 1 aliphatic carbocycles. The minimum Gasteiger partial charge on any atom is -0.458 e. The van der Waals surface area contributed by atoms with Crippen molar-refractivity contribution in [2.24, 2.45) is 5.92 Å². The van der Waals surface area contributed by atoms with E-state index in [1.54, 1.807) is 0 Å². The fourth-order valence-corrected chi connectivity index (χ4v) is 3.46. The van der Waals surface area contributed by atoms with Crippen LogP contribution in [0.3, 0.4) is 0 Å². The Morgan fingerprint density at radius 3 is 2.42 bits per heavy atom. The fourth-order valence-electron chi connectivity index (χ4n) is 3.46. The lowest BCUT2D eigenvalue weighted by Gasteiger charge is -2.30. The van der Waals surface area contributed by atoms with E-state index in [1.807, 2.05) is 12.1 Å². The maximum absolute atomic E-state index is 11.9. The highest BCUT2D eigenvalue weighted by Gasteiger charge is 2.33. The Balaban J connectivity index is 1.93. The van der Waals surface area contributed by atoms with E-state index < -0.39 is 0 Å². The molecular weight excluding hydrogens is 236 g/mol. The Kier molecular flexibility index (Phi) is 3.67. The Morgan fingerprint density at radius 2 is 1.79 bits per heavy atom. The monoisotopic (exact) mass is 256 g/mol. The molecule has 2 heteroatoms. The van der Waals surface area contributed by atoms with Crippen LogP contribution in [0.4, 0.5) is 0 Å². The summed E-state index contributed by atoms with van der Waals surface area (Å²) < 4.78 is 5.13. The van der Waals surface area contributed by atoms with Gasteiger partial charge < -0.3 is 4.74 Å². The first-order chi connectivity index (χ1) is 9.36. The molecule has 0 saturated heterocycles. The number of hydrogen-bond acceptors (Lipinski definition) is 2. The highest BCUT2D eigenvalue weighted by Crippen LogP contribution is 2.41. The second-order valence-electron chi connectivity index (χ2n) is 5.54. The van der Waals surface area contributed by atoms with Crippen molar-refractivity contribution >= 4 is 5.97 Å². The first-order valence-electron chi connectivity index (χ1n) is 7.28. The summed E-state index contributed by atoms with van der Waals surface area (Å²) in [4.78, 5) is 11.9. The fraction of sp³-hybridized carbons (Fsp3) is 0.471. The first-order valence-corrected chi connectivity index (χ1v) is 7.28. The van der Waals surface area contributed by atoms with E-state index in [-0.39, 0.29) is 11.9 Å². The third-order valence-corrected chi connectivity index (χ3v) is 4.37. The van der Waals surface area contributed by atoms with Gasteiger partial charge in [0.05, 0.1) is 0 Å². The molecule has 3 rings (SSSR count). The van der Waals surface area contributed by atoms with E-state index in [1.165, 1.54) is 37.7 Å². The number of ether oxygens (including phenoxy) is 1. The summed E-state index contributed by atoms with van der Waals surface area (Å²) in [6.07, 6.45) is 8.34. The molecule has 0 radical (unpaired) electrons. The Bertz CT molecular complexity index is 469. The van der Waals surface area contributed by atoms with Gasteiger partial charge in [0, 0.05) is 11.5 Å². The predicted octanol–water partition coefficient (Wildman–Crippen LogP) is 3.83. The zero-order valence-electron chi connectivity index (χ0n) is 11.2. The van der Waals surface area contributed by atoms with Crippen LogP contribution in [0, 0.1) is 5.92 Å². The largest absolute Gasteiger partial charge is 0.458 e. The summed E-state index contributed by atoms with van der Waals surface area (Å²) in [6.45, 7) is 0.449. The van der Waals surface area contributed by atoms with Crippen LogP contribution in [-0.4, -0.2) is 12.6 Å². The lowest BCUT2D eigenvalue weighted by atomic mass is 9.73. The molecule has 1 aromatic carbocycles. The van der Waals surface area contributed by atoms with Crippen LogP contribution in [0.5, 0.6) is 0 Å². The minimum absolute atomic E-state index is 0.112. The maximum Gasteiger partial charge on any atom is 0.334 e. The zero-order valence-corrected chi connectivity index (χ0v) is 11.2. The molecule has 0 bridgehead atoms. The molecule has 0 amide bonds. The Hall–Kier alpha value is -1.57. The van der Waals surface area contributed by atoms with Crippen molar-refractivity contribution in [1.29, 1.82) is 0 Å². The zero-order chi connectivity index (χ0) is 13.1. The Labute approximate surface area is 114 Å². The number of cyclic esters (lactones) is 1. The van der Waals surface area contributed by atoms with Crippen LogP contribution < -0.4 is 0 Å². The topological polar surface area (TPSA) is 26.3 Å². The molecule has 0 spiro atoms. The van der Waals surface area contributed by atoms with Crippen molar-refractivity contribution in [3.8, 4) is 0 Å². The van der Waals surface area contributed by atoms with Crippen LogP contribution in [-0.2, 0) is 9.53 Å². The van der Waals surface area contributed by atoms with Gasteiger partial charge in [0.2, 0.25) is 0 Å². The molecule has 19 heavy (non-hydrogen) atoms. The van der Waals surface area contributed by atoms with Gasteiger partial charge >= 0.3 is 5.97 Å². The van der Waals surface area contributed by atoms with Crippen molar-refractivity contribution in [2.45, 2.75) is 38.0 Å². The van der Waals surface area contributed by atoms with Crippen LogP contribution in [0.15, 0.2) is 42.0 Å². The van der Waals surface area contributed by atoms with E-state index in [2.05, 4.69) is 24.3 Å². The maximum atomic E-state index is 11.9. The van der Waals surface area contributed by atoms with E-state index in [0.717, 1.165) is 5.57 Å². The normalized spacial score (nSPS) is 21.9. The molecule has 2 aliphatic rings. The number of hydrogen-bond donors (Lipinski definition) is 0. The highest BCUT2D eigenvalue weighted by molar-refractivity contribution is 5.92. The van der Waals surface area contributed by atoms with Gasteiger partial charge in [-0.2, -0.15) is 0 Å². The third kappa shape index (κ3) is 2.58.